The summed E-state index contributed by atoms with van der Waals surface area (Å²) in [6.45, 7) is 1.70. The second-order valence-electron chi connectivity index (χ2n) is 4.39. The summed E-state index contributed by atoms with van der Waals surface area (Å²) in [4.78, 5) is 0. The van der Waals surface area contributed by atoms with E-state index in [0.29, 0.717) is 12.2 Å². The van der Waals surface area contributed by atoms with Crippen LogP contribution in [0.25, 0.3) is 0 Å². The summed E-state index contributed by atoms with van der Waals surface area (Å²) in [6.07, 6.45) is 4.28. The highest BCUT2D eigenvalue weighted by Crippen LogP contribution is 2.24. The Balaban J connectivity index is 0.00000128. The molecular weight excluding hydrogens is 250 g/mol. The average Bonchev–Trinajstić information content (AvgIpc) is 2.23. The molecule has 2 fully saturated rings. The lowest BCUT2D eigenvalue weighted by atomic mass is 10.1. The second-order valence-corrected chi connectivity index (χ2v) is 6.79. The Labute approximate surface area is 103 Å². The molecule has 0 aliphatic carbocycles. The van der Waals surface area contributed by atoms with E-state index in [1.165, 1.54) is 0 Å². The first-order chi connectivity index (χ1) is 7.18. The monoisotopic (exact) mass is 269 g/mol. The minimum Gasteiger partial charge on any atom is -0.363 e. The molecule has 2 heterocycles. The number of ether oxygens (including phenoxy) is 1. The van der Waals surface area contributed by atoms with E-state index in [-0.39, 0.29) is 23.9 Å². The van der Waals surface area contributed by atoms with Crippen LogP contribution in [0.5, 0.6) is 0 Å². The third kappa shape index (κ3) is 3.58. The molecule has 2 atom stereocenters. The third-order valence-electron chi connectivity index (χ3n) is 3.20. The van der Waals surface area contributed by atoms with Gasteiger partial charge in [-0.05, 0) is 25.8 Å². The van der Waals surface area contributed by atoms with Crippen molar-refractivity contribution in [3.8, 4) is 0 Å². The molecule has 2 aliphatic heterocycles. The molecule has 0 aromatic carbocycles. The largest absolute Gasteiger partial charge is 0.363 e. The summed E-state index contributed by atoms with van der Waals surface area (Å²) in [5.74, 6) is 0.365. The van der Waals surface area contributed by atoms with Crippen LogP contribution in [0, 0.1) is 0 Å². The van der Waals surface area contributed by atoms with E-state index in [9.17, 15) is 8.42 Å². The summed E-state index contributed by atoms with van der Waals surface area (Å²) < 4.78 is 29.0. The predicted octanol–water partition coefficient (Wildman–Crippen LogP) is 1.10. The quantitative estimate of drug-likeness (QED) is 0.816. The zero-order valence-corrected chi connectivity index (χ0v) is 11.0. The Bertz CT molecular complexity index is 301. The van der Waals surface area contributed by atoms with Crippen molar-refractivity contribution in [1.29, 1.82) is 0 Å². The van der Waals surface area contributed by atoms with Crippen molar-refractivity contribution in [2.45, 2.75) is 43.6 Å². The predicted molar refractivity (Wildman–Crippen MR) is 65.7 cm³/mol. The van der Waals surface area contributed by atoms with Crippen molar-refractivity contribution in [3.05, 3.63) is 0 Å². The number of rotatable bonds is 2. The summed E-state index contributed by atoms with van der Waals surface area (Å²) in [7, 11) is -2.84. The van der Waals surface area contributed by atoms with Crippen molar-refractivity contribution >= 4 is 22.2 Å². The molecule has 0 amide bonds. The molecule has 0 spiro atoms. The summed E-state index contributed by atoms with van der Waals surface area (Å²) in [5.41, 5.74) is 0. The number of halogens is 1. The van der Waals surface area contributed by atoms with Crippen molar-refractivity contribution in [2.24, 2.45) is 0 Å². The Kier molecular flexibility index (Phi) is 5.50. The van der Waals surface area contributed by atoms with E-state index < -0.39 is 9.84 Å². The summed E-state index contributed by atoms with van der Waals surface area (Å²) in [6, 6.07) is 0. The van der Waals surface area contributed by atoms with Crippen LogP contribution in [0.2, 0.25) is 0 Å². The van der Waals surface area contributed by atoms with E-state index in [2.05, 4.69) is 5.32 Å². The number of hydrogen-bond acceptors (Lipinski definition) is 4. The topological polar surface area (TPSA) is 55.4 Å². The van der Waals surface area contributed by atoms with Crippen molar-refractivity contribution in [3.63, 3.8) is 0 Å². The van der Waals surface area contributed by atoms with Gasteiger partial charge >= 0.3 is 0 Å². The van der Waals surface area contributed by atoms with Gasteiger partial charge in [0.05, 0.1) is 11.0 Å². The maximum absolute atomic E-state index is 11.8. The van der Waals surface area contributed by atoms with Gasteiger partial charge in [0.1, 0.15) is 6.23 Å². The number of nitrogens with one attached hydrogen (secondary N) is 1. The first-order valence-corrected chi connectivity index (χ1v) is 7.46. The normalized spacial score (nSPS) is 34.0. The highest BCUT2D eigenvalue weighted by atomic mass is 35.5. The zero-order valence-electron chi connectivity index (χ0n) is 9.35. The maximum atomic E-state index is 11.8. The fourth-order valence-corrected chi connectivity index (χ4v) is 4.23. The molecule has 0 radical (unpaired) electrons. The van der Waals surface area contributed by atoms with Gasteiger partial charge in [0, 0.05) is 13.0 Å². The first kappa shape index (κ1) is 14.2. The van der Waals surface area contributed by atoms with Crippen molar-refractivity contribution < 1.29 is 13.2 Å². The van der Waals surface area contributed by atoms with Crippen molar-refractivity contribution in [1.82, 2.24) is 5.32 Å². The molecule has 1 N–H and O–H groups in total. The molecule has 0 bridgehead atoms. The van der Waals surface area contributed by atoms with Crippen LogP contribution < -0.4 is 5.32 Å². The Hall–Kier alpha value is 0.160. The lowest BCUT2D eigenvalue weighted by molar-refractivity contribution is -0.00463. The Morgan fingerprint density at radius 3 is 2.69 bits per heavy atom. The van der Waals surface area contributed by atoms with E-state index in [0.717, 1.165) is 38.8 Å². The molecule has 6 heteroatoms. The minimum atomic E-state index is -2.84. The van der Waals surface area contributed by atoms with Crippen LogP contribution in [0.15, 0.2) is 0 Å². The lowest BCUT2D eigenvalue weighted by Gasteiger charge is -2.29. The SMILES string of the molecule is Cl.O=S1(=O)CCCCC1CC1NCCCO1. The van der Waals surface area contributed by atoms with E-state index in [1.54, 1.807) is 0 Å². The van der Waals surface area contributed by atoms with Crippen LogP contribution in [-0.2, 0) is 14.6 Å². The molecule has 0 aromatic heterocycles. The average molecular weight is 270 g/mol. The molecular formula is C10H20ClNO3S. The van der Waals surface area contributed by atoms with Crippen LogP contribution in [0.3, 0.4) is 0 Å². The van der Waals surface area contributed by atoms with E-state index in [4.69, 9.17) is 4.74 Å². The van der Waals surface area contributed by atoms with Crippen LogP contribution >= 0.6 is 12.4 Å². The highest BCUT2D eigenvalue weighted by molar-refractivity contribution is 7.92. The van der Waals surface area contributed by atoms with E-state index in [1.807, 2.05) is 0 Å². The molecule has 4 nitrogen and oxygen atoms in total. The van der Waals surface area contributed by atoms with Crippen LogP contribution in [0.1, 0.15) is 32.1 Å². The zero-order chi connectivity index (χ0) is 10.7. The van der Waals surface area contributed by atoms with E-state index >= 15 is 0 Å². The Morgan fingerprint density at radius 2 is 2.06 bits per heavy atom. The molecule has 16 heavy (non-hydrogen) atoms. The van der Waals surface area contributed by atoms with Crippen LogP contribution in [0.4, 0.5) is 0 Å². The molecule has 2 unspecified atom stereocenters. The molecule has 2 rings (SSSR count). The van der Waals surface area contributed by atoms with Gasteiger partial charge in [-0.3, -0.25) is 5.32 Å². The van der Waals surface area contributed by atoms with Crippen molar-refractivity contribution in [2.75, 3.05) is 18.9 Å². The maximum Gasteiger partial charge on any atom is 0.153 e. The summed E-state index contributed by atoms with van der Waals surface area (Å²) in [5, 5.41) is 3.04. The van der Waals surface area contributed by atoms with Gasteiger partial charge in [0.15, 0.2) is 9.84 Å². The van der Waals surface area contributed by atoms with Gasteiger partial charge in [-0.25, -0.2) is 8.42 Å². The second kappa shape index (κ2) is 6.19. The van der Waals surface area contributed by atoms with Gasteiger partial charge in [0.2, 0.25) is 0 Å². The number of hydrogen-bond donors (Lipinski definition) is 1. The molecule has 2 saturated heterocycles. The van der Waals surface area contributed by atoms with Gasteiger partial charge in [-0.1, -0.05) is 6.42 Å². The van der Waals surface area contributed by atoms with Gasteiger partial charge in [-0.2, -0.15) is 0 Å². The Morgan fingerprint density at radius 1 is 1.25 bits per heavy atom. The molecule has 0 saturated carbocycles. The van der Waals surface area contributed by atoms with Crippen LogP contribution in [-0.4, -0.2) is 38.8 Å². The molecule has 0 aromatic rings. The molecule has 96 valence electrons. The highest BCUT2D eigenvalue weighted by Gasteiger charge is 2.31. The minimum absolute atomic E-state index is 0. The first-order valence-electron chi connectivity index (χ1n) is 5.75. The third-order valence-corrected chi connectivity index (χ3v) is 5.50. The fourth-order valence-electron chi connectivity index (χ4n) is 2.30. The van der Waals surface area contributed by atoms with Gasteiger partial charge in [0.25, 0.3) is 0 Å². The fraction of sp³-hybridized carbons (Fsp3) is 1.00. The lowest BCUT2D eigenvalue weighted by Crippen LogP contribution is -2.43. The van der Waals surface area contributed by atoms with Gasteiger partial charge < -0.3 is 4.74 Å². The molecule has 2 aliphatic rings. The smallest absolute Gasteiger partial charge is 0.153 e. The van der Waals surface area contributed by atoms with Gasteiger partial charge in [-0.15, -0.1) is 12.4 Å². The number of sulfone groups is 1. The summed E-state index contributed by atoms with van der Waals surface area (Å²) >= 11 is 0. The standard InChI is InChI=1S/C10H19NO3S.ClH/c12-15(13)7-2-1-4-9(15)8-10-11-5-3-6-14-10;/h9-11H,1-8H2;1H.